The number of anilines is 1. The van der Waals surface area contributed by atoms with Gasteiger partial charge in [0, 0.05) is 0 Å². The summed E-state index contributed by atoms with van der Waals surface area (Å²) in [7, 11) is -3.83. The van der Waals surface area contributed by atoms with Crippen LogP contribution in [0.1, 0.15) is 11.1 Å². The fraction of sp³-hybridized carbons (Fsp3) is 0.125. The first-order valence-electron chi connectivity index (χ1n) is 7.13. The van der Waals surface area contributed by atoms with E-state index < -0.39 is 21.1 Å². The van der Waals surface area contributed by atoms with E-state index >= 15 is 0 Å². The lowest BCUT2D eigenvalue weighted by Gasteiger charge is -2.11. The van der Waals surface area contributed by atoms with Crippen molar-refractivity contribution in [1.29, 1.82) is 0 Å². The third-order valence-corrected chi connectivity index (χ3v) is 4.99. The van der Waals surface area contributed by atoms with Crippen LogP contribution in [0.5, 0.6) is 0 Å². The van der Waals surface area contributed by atoms with Gasteiger partial charge in [-0.05, 0) is 43.7 Å². The molecule has 0 fully saturated rings. The number of H-pyrrole nitrogens is 2. The maximum Gasteiger partial charge on any atom is 0.314 e. The van der Waals surface area contributed by atoms with Gasteiger partial charge in [0.15, 0.2) is 0 Å². The van der Waals surface area contributed by atoms with Crippen LogP contribution in [-0.4, -0.2) is 18.4 Å². The van der Waals surface area contributed by atoms with Crippen LogP contribution in [0, 0.1) is 13.8 Å². The van der Waals surface area contributed by atoms with Crippen LogP contribution in [-0.2, 0) is 10.0 Å². The number of fused-ring (bicyclic) bond motifs is 1. The van der Waals surface area contributed by atoms with E-state index in [1.807, 2.05) is 26.0 Å². The van der Waals surface area contributed by atoms with Crippen LogP contribution < -0.4 is 15.8 Å². The van der Waals surface area contributed by atoms with Gasteiger partial charge in [-0.3, -0.25) is 14.3 Å². The summed E-state index contributed by atoms with van der Waals surface area (Å²) >= 11 is 0. The van der Waals surface area contributed by atoms with Crippen molar-refractivity contribution in [3.8, 4) is 0 Å². The average Bonchev–Trinajstić information content (AvgIpc) is 2.51. The molecule has 7 nitrogen and oxygen atoms in total. The molecular weight excluding hydrogens is 330 g/mol. The maximum absolute atomic E-state index is 12.6. The third kappa shape index (κ3) is 2.95. The van der Waals surface area contributed by atoms with E-state index in [1.54, 1.807) is 6.07 Å². The molecule has 0 saturated heterocycles. The van der Waals surface area contributed by atoms with Gasteiger partial charge in [-0.25, -0.2) is 8.42 Å². The smallest absolute Gasteiger partial charge is 0.314 e. The molecule has 3 rings (SSSR count). The van der Waals surface area contributed by atoms with Gasteiger partial charge in [-0.2, -0.15) is 0 Å². The van der Waals surface area contributed by atoms with Crippen molar-refractivity contribution < 1.29 is 8.42 Å². The summed E-state index contributed by atoms with van der Waals surface area (Å²) in [5.41, 5.74) is 1.29. The monoisotopic (exact) mass is 345 g/mol. The second-order valence-corrected chi connectivity index (χ2v) is 7.22. The van der Waals surface area contributed by atoms with Gasteiger partial charge < -0.3 is 9.97 Å². The van der Waals surface area contributed by atoms with Crippen LogP contribution in [0.4, 0.5) is 5.69 Å². The van der Waals surface area contributed by atoms with Gasteiger partial charge in [-0.1, -0.05) is 17.7 Å². The highest BCUT2D eigenvalue weighted by Gasteiger charge is 2.16. The Kier molecular flexibility index (Phi) is 3.76. The first-order chi connectivity index (χ1) is 11.3. The predicted molar refractivity (Wildman–Crippen MR) is 91.9 cm³/mol. The van der Waals surface area contributed by atoms with Crippen LogP contribution in [0.2, 0.25) is 0 Å². The number of sulfonamides is 1. The molecule has 0 radical (unpaired) electrons. The zero-order valence-electron chi connectivity index (χ0n) is 13.0. The van der Waals surface area contributed by atoms with Gasteiger partial charge >= 0.3 is 11.1 Å². The fourth-order valence-electron chi connectivity index (χ4n) is 2.39. The highest BCUT2D eigenvalue weighted by molar-refractivity contribution is 7.92. The molecule has 1 aromatic heterocycles. The molecular formula is C16H15N3O4S. The minimum Gasteiger partial charge on any atom is -0.316 e. The van der Waals surface area contributed by atoms with Crippen molar-refractivity contribution in [2.75, 3.05) is 4.72 Å². The van der Waals surface area contributed by atoms with Crippen LogP contribution >= 0.6 is 0 Å². The van der Waals surface area contributed by atoms with Crippen molar-refractivity contribution in [3.05, 3.63) is 68.2 Å². The lowest BCUT2D eigenvalue weighted by Crippen LogP contribution is -2.29. The fourth-order valence-corrected chi connectivity index (χ4v) is 3.55. The number of rotatable bonds is 3. The van der Waals surface area contributed by atoms with Gasteiger partial charge in [-0.15, -0.1) is 0 Å². The molecule has 0 unspecified atom stereocenters. The highest BCUT2D eigenvalue weighted by atomic mass is 32.2. The van der Waals surface area contributed by atoms with E-state index in [4.69, 9.17) is 0 Å². The van der Waals surface area contributed by atoms with Crippen molar-refractivity contribution >= 4 is 26.7 Å². The number of aromatic nitrogens is 2. The lowest BCUT2D eigenvalue weighted by atomic mass is 10.1. The molecule has 3 N–H and O–H groups in total. The molecule has 2 aromatic carbocycles. The Balaban J connectivity index is 2.06. The Bertz CT molecular complexity index is 1160. The summed E-state index contributed by atoms with van der Waals surface area (Å²) in [6.07, 6.45) is 0. The molecule has 0 saturated carbocycles. The zero-order valence-corrected chi connectivity index (χ0v) is 13.8. The van der Waals surface area contributed by atoms with Gasteiger partial charge in [0.25, 0.3) is 10.0 Å². The van der Waals surface area contributed by atoms with Crippen LogP contribution in [0.25, 0.3) is 11.0 Å². The minimum absolute atomic E-state index is 0.0160. The molecule has 0 aliphatic carbocycles. The highest BCUT2D eigenvalue weighted by Crippen LogP contribution is 2.22. The van der Waals surface area contributed by atoms with Gasteiger partial charge in [0.05, 0.1) is 21.6 Å². The largest absolute Gasteiger partial charge is 0.316 e. The van der Waals surface area contributed by atoms with Gasteiger partial charge in [0.1, 0.15) is 0 Å². The number of hydrogen-bond donors (Lipinski definition) is 3. The molecule has 0 bridgehead atoms. The Morgan fingerprint density at radius 2 is 1.54 bits per heavy atom. The van der Waals surface area contributed by atoms with Crippen LogP contribution in [0.15, 0.2) is 50.9 Å². The number of aromatic amines is 2. The molecule has 0 aliphatic rings. The maximum atomic E-state index is 12.6. The molecule has 0 atom stereocenters. The second-order valence-electron chi connectivity index (χ2n) is 5.54. The van der Waals surface area contributed by atoms with Crippen molar-refractivity contribution in [2.24, 2.45) is 0 Å². The topological polar surface area (TPSA) is 112 Å². The Hall–Kier alpha value is -2.87. The van der Waals surface area contributed by atoms with E-state index in [0.29, 0.717) is 11.2 Å². The molecule has 0 aliphatic heterocycles. The number of benzene rings is 2. The Labute approximate surface area is 137 Å². The van der Waals surface area contributed by atoms with E-state index in [2.05, 4.69) is 14.7 Å². The second kappa shape index (κ2) is 5.64. The van der Waals surface area contributed by atoms with E-state index in [0.717, 1.165) is 11.1 Å². The molecule has 0 amide bonds. The quantitative estimate of drug-likeness (QED) is 0.626. The third-order valence-electron chi connectivity index (χ3n) is 3.63. The Morgan fingerprint density at radius 3 is 2.21 bits per heavy atom. The Morgan fingerprint density at radius 1 is 0.875 bits per heavy atom. The first-order valence-corrected chi connectivity index (χ1v) is 8.61. The predicted octanol–water partition coefficient (Wildman–Crippen LogP) is 1.63. The first kappa shape index (κ1) is 16.0. The SMILES string of the molecule is Cc1ccc(NS(=O)(=O)c2ccc3[nH]c(=O)c(=O)[nH]c3c2)c(C)c1. The van der Waals surface area contributed by atoms with E-state index in [-0.39, 0.29) is 10.4 Å². The molecule has 3 aromatic rings. The van der Waals surface area contributed by atoms with E-state index in [9.17, 15) is 18.0 Å². The molecule has 0 spiro atoms. The lowest BCUT2D eigenvalue weighted by molar-refractivity contribution is 0.601. The zero-order chi connectivity index (χ0) is 17.5. The molecule has 124 valence electrons. The van der Waals surface area contributed by atoms with Crippen molar-refractivity contribution in [1.82, 2.24) is 9.97 Å². The number of aryl methyl sites for hydroxylation is 2. The number of hydrogen-bond acceptors (Lipinski definition) is 4. The normalized spacial score (nSPS) is 11.6. The van der Waals surface area contributed by atoms with E-state index in [1.165, 1.54) is 18.2 Å². The summed E-state index contributed by atoms with van der Waals surface area (Å²) in [6, 6.07) is 9.49. The summed E-state index contributed by atoms with van der Waals surface area (Å²) in [5.74, 6) is 0. The summed E-state index contributed by atoms with van der Waals surface area (Å²) in [5, 5.41) is 0. The summed E-state index contributed by atoms with van der Waals surface area (Å²) < 4.78 is 27.6. The van der Waals surface area contributed by atoms with Crippen molar-refractivity contribution in [2.45, 2.75) is 18.7 Å². The number of nitrogens with one attached hydrogen (secondary N) is 3. The standard InChI is InChI=1S/C16H15N3O4S/c1-9-3-5-12(10(2)7-9)19-24(22,23)11-4-6-13-14(8-11)18-16(21)15(20)17-13/h3-8,19H,1-2H3,(H,17,20)(H,18,21). The van der Waals surface area contributed by atoms with Gasteiger partial charge in [0.2, 0.25) is 0 Å². The molecule has 1 heterocycles. The minimum atomic E-state index is -3.83. The summed E-state index contributed by atoms with van der Waals surface area (Å²) in [4.78, 5) is 27.4. The molecule has 8 heteroatoms. The van der Waals surface area contributed by atoms with Crippen LogP contribution in [0.3, 0.4) is 0 Å². The summed E-state index contributed by atoms with van der Waals surface area (Å²) in [6.45, 7) is 3.74. The van der Waals surface area contributed by atoms with Crippen molar-refractivity contribution in [3.63, 3.8) is 0 Å². The molecule has 24 heavy (non-hydrogen) atoms. The average molecular weight is 345 g/mol.